The molecule has 3 aliphatic rings. The highest BCUT2D eigenvalue weighted by Gasteiger charge is 2.39. The molecular weight excluding hydrogens is 497 g/mol. The molecule has 198 valence electrons. The molecular formula is C23H25F3N6O5. The minimum absolute atomic E-state index is 0.172. The lowest BCUT2D eigenvalue weighted by Crippen LogP contribution is -2.52. The minimum Gasteiger partial charge on any atom is -0.475 e. The number of amides is 3. The number of piperidine rings is 2. The molecule has 3 N–H and O–H groups in total. The number of benzene rings is 1. The molecule has 2 aromatic rings. The van der Waals surface area contributed by atoms with Crippen molar-refractivity contribution in [1.29, 1.82) is 0 Å². The largest absolute Gasteiger partial charge is 0.490 e. The average molecular weight is 522 g/mol. The number of hydrogen-bond acceptors (Lipinski definition) is 7. The zero-order valence-corrected chi connectivity index (χ0v) is 19.6. The zero-order valence-electron chi connectivity index (χ0n) is 19.6. The van der Waals surface area contributed by atoms with Gasteiger partial charge in [0.25, 0.3) is 5.91 Å². The molecule has 5 rings (SSSR count). The van der Waals surface area contributed by atoms with Gasteiger partial charge in [0.15, 0.2) is 0 Å². The summed E-state index contributed by atoms with van der Waals surface area (Å²) in [6.45, 7) is 1.41. The van der Waals surface area contributed by atoms with E-state index < -0.39 is 24.1 Å². The standard InChI is InChI=1S/C21H24N6O3.C2HF3O2/c28-19-7-6-18(20(29)23-19)26-11-13-9-16(4-5-17(13)21(26)30)27-12-15(24-25-27)10-14-3-1-2-8-22-14;3-2(4,5)1(6)7/h4-5,9,12,14,18,22H,1-3,6-8,10-11H2,(H,23,28,29);(H,6,7). The Kier molecular flexibility index (Phi) is 7.57. The topological polar surface area (TPSA) is 147 Å². The van der Waals surface area contributed by atoms with Crippen LogP contribution in [0, 0.1) is 0 Å². The van der Waals surface area contributed by atoms with Crippen molar-refractivity contribution in [3.8, 4) is 5.69 Å². The lowest BCUT2D eigenvalue weighted by Gasteiger charge is -2.29. The van der Waals surface area contributed by atoms with E-state index in [0.717, 1.165) is 36.3 Å². The molecule has 0 saturated carbocycles. The highest BCUT2D eigenvalue weighted by molar-refractivity contribution is 6.05. The second-order valence-corrected chi connectivity index (χ2v) is 9.05. The van der Waals surface area contributed by atoms with Gasteiger partial charge in [0.2, 0.25) is 11.8 Å². The smallest absolute Gasteiger partial charge is 0.475 e. The first kappa shape index (κ1) is 26.3. The van der Waals surface area contributed by atoms with E-state index in [9.17, 15) is 27.6 Å². The summed E-state index contributed by atoms with van der Waals surface area (Å²) in [5.41, 5.74) is 3.22. The molecule has 0 radical (unpaired) electrons. The van der Waals surface area contributed by atoms with E-state index in [-0.39, 0.29) is 18.2 Å². The van der Waals surface area contributed by atoms with E-state index in [2.05, 4.69) is 20.9 Å². The van der Waals surface area contributed by atoms with E-state index in [0.29, 0.717) is 24.6 Å². The van der Waals surface area contributed by atoms with E-state index in [1.54, 1.807) is 15.6 Å². The van der Waals surface area contributed by atoms with Gasteiger partial charge in [0.05, 0.1) is 17.6 Å². The number of hydrogen-bond donors (Lipinski definition) is 3. The predicted molar refractivity (Wildman–Crippen MR) is 120 cm³/mol. The van der Waals surface area contributed by atoms with Gasteiger partial charge in [-0.05, 0) is 49.6 Å². The number of nitrogens with one attached hydrogen (secondary N) is 2. The minimum atomic E-state index is -5.08. The van der Waals surface area contributed by atoms with Crippen molar-refractivity contribution in [2.24, 2.45) is 0 Å². The first-order valence-electron chi connectivity index (χ1n) is 11.8. The Hall–Kier alpha value is -3.81. The van der Waals surface area contributed by atoms with E-state index in [1.807, 2.05) is 18.3 Å². The molecule has 37 heavy (non-hydrogen) atoms. The maximum Gasteiger partial charge on any atom is 0.490 e. The number of imide groups is 1. The van der Waals surface area contributed by atoms with Crippen LogP contribution in [0.15, 0.2) is 24.4 Å². The lowest BCUT2D eigenvalue weighted by atomic mass is 10.0. The molecule has 1 aromatic carbocycles. The van der Waals surface area contributed by atoms with Crippen molar-refractivity contribution < 1.29 is 37.5 Å². The summed E-state index contributed by atoms with van der Waals surface area (Å²) < 4.78 is 33.5. The fraction of sp³-hybridized carbons (Fsp3) is 0.478. The first-order chi connectivity index (χ1) is 17.5. The van der Waals surface area contributed by atoms with Crippen LogP contribution in [0.5, 0.6) is 0 Å². The monoisotopic (exact) mass is 522 g/mol. The maximum atomic E-state index is 12.8. The molecule has 0 bridgehead atoms. The molecule has 2 fully saturated rings. The van der Waals surface area contributed by atoms with Gasteiger partial charge in [-0.3, -0.25) is 19.7 Å². The van der Waals surface area contributed by atoms with Crippen molar-refractivity contribution >= 4 is 23.7 Å². The molecule has 4 heterocycles. The van der Waals surface area contributed by atoms with Crippen LogP contribution in [-0.4, -0.2) is 73.5 Å². The molecule has 3 aliphatic heterocycles. The molecule has 11 nitrogen and oxygen atoms in total. The molecule has 3 amide bonds. The van der Waals surface area contributed by atoms with Crippen LogP contribution in [-0.2, 0) is 27.3 Å². The summed E-state index contributed by atoms with van der Waals surface area (Å²) in [4.78, 5) is 46.9. The maximum absolute atomic E-state index is 12.8. The molecule has 2 saturated heterocycles. The lowest BCUT2D eigenvalue weighted by molar-refractivity contribution is -0.192. The molecule has 0 spiro atoms. The van der Waals surface area contributed by atoms with Gasteiger partial charge in [0.1, 0.15) is 6.04 Å². The zero-order chi connectivity index (χ0) is 26.7. The number of aliphatic carboxylic acids is 1. The fourth-order valence-electron chi connectivity index (χ4n) is 4.57. The van der Waals surface area contributed by atoms with Gasteiger partial charge in [0, 0.05) is 31.0 Å². The second-order valence-electron chi connectivity index (χ2n) is 9.05. The van der Waals surface area contributed by atoms with E-state index in [1.165, 1.54) is 12.8 Å². The van der Waals surface area contributed by atoms with Crippen LogP contribution in [0.3, 0.4) is 0 Å². The third-order valence-corrected chi connectivity index (χ3v) is 6.42. The quantitative estimate of drug-likeness (QED) is 0.510. The molecule has 14 heteroatoms. The fourth-order valence-corrected chi connectivity index (χ4v) is 4.57. The molecule has 1 aromatic heterocycles. The Morgan fingerprint density at radius 1 is 1.16 bits per heavy atom. The summed E-state index contributed by atoms with van der Waals surface area (Å²) in [6, 6.07) is 5.40. The summed E-state index contributed by atoms with van der Waals surface area (Å²) in [7, 11) is 0. The number of halogens is 3. The number of carboxylic acids is 1. The van der Waals surface area contributed by atoms with E-state index >= 15 is 0 Å². The third kappa shape index (κ3) is 6.13. The summed E-state index contributed by atoms with van der Waals surface area (Å²) in [5, 5.41) is 21.6. The van der Waals surface area contributed by atoms with Crippen molar-refractivity contribution in [2.75, 3.05) is 6.54 Å². The second kappa shape index (κ2) is 10.7. The van der Waals surface area contributed by atoms with Crippen LogP contribution >= 0.6 is 0 Å². The van der Waals surface area contributed by atoms with Crippen molar-refractivity contribution in [3.05, 3.63) is 41.2 Å². The number of carboxylic acid groups (broad SMARTS) is 1. The molecule has 2 unspecified atom stereocenters. The Bertz CT molecular complexity index is 1210. The van der Waals surface area contributed by atoms with Crippen LogP contribution in [0.1, 0.15) is 53.7 Å². The Morgan fingerprint density at radius 2 is 1.92 bits per heavy atom. The number of nitrogens with zero attached hydrogens (tertiary/aromatic N) is 4. The first-order valence-corrected chi connectivity index (χ1v) is 11.8. The Morgan fingerprint density at radius 3 is 2.57 bits per heavy atom. The summed E-state index contributed by atoms with van der Waals surface area (Å²) >= 11 is 0. The van der Waals surface area contributed by atoms with Crippen molar-refractivity contribution in [2.45, 2.75) is 63.3 Å². The average Bonchev–Trinajstić information content (AvgIpc) is 3.44. The SMILES string of the molecule is O=C(O)C(F)(F)F.O=C1CCC(N2Cc3cc(-n4cc(CC5CCCCN5)nn4)ccc3C2=O)C(=O)N1. The number of alkyl halides is 3. The highest BCUT2D eigenvalue weighted by Crippen LogP contribution is 2.29. The van der Waals surface area contributed by atoms with Crippen molar-refractivity contribution in [1.82, 2.24) is 30.5 Å². The van der Waals surface area contributed by atoms with Crippen LogP contribution in [0.4, 0.5) is 13.2 Å². The van der Waals surface area contributed by atoms with Crippen LogP contribution in [0.2, 0.25) is 0 Å². The van der Waals surface area contributed by atoms with Gasteiger partial charge in [-0.2, -0.15) is 13.2 Å². The van der Waals surface area contributed by atoms with Crippen LogP contribution in [0.25, 0.3) is 5.69 Å². The highest BCUT2D eigenvalue weighted by atomic mass is 19.4. The number of fused-ring (bicyclic) bond motifs is 1. The number of aromatic nitrogens is 3. The summed E-state index contributed by atoms with van der Waals surface area (Å²) in [6.07, 6.45) is 1.95. The van der Waals surface area contributed by atoms with Gasteiger partial charge >= 0.3 is 12.1 Å². The number of carbonyl (C=O) groups is 4. The van der Waals surface area contributed by atoms with Gasteiger partial charge < -0.3 is 15.3 Å². The van der Waals surface area contributed by atoms with Gasteiger partial charge in [-0.15, -0.1) is 5.10 Å². The number of carbonyl (C=O) groups excluding carboxylic acids is 3. The Labute approximate surface area is 209 Å². The molecule has 0 aliphatic carbocycles. The van der Waals surface area contributed by atoms with Gasteiger partial charge in [-0.25, -0.2) is 9.48 Å². The van der Waals surface area contributed by atoms with Gasteiger partial charge in [-0.1, -0.05) is 11.6 Å². The Balaban J connectivity index is 0.000000405. The third-order valence-electron chi connectivity index (χ3n) is 6.42. The normalized spacial score (nSPS) is 21.7. The van der Waals surface area contributed by atoms with E-state index in [4.69, 9.17) is 9.90 Å². The predicted octanol–water partition coefficient (Wildman–Crippen LogP) is 1.35. The molecule has 2 atom stereocenters. The summed E-state index contributed by atoms with van der Waals surface area (Å²) in [5.74, 6) is -3.61. The number of rotatable bonds is 4. The van der Waals surface area contributed by atoms with Crippen molar-refractivity contribution in [3.63, 3.8) is 0 Å². The van der Waals surface area contributed by atoms with Crippen LogP contribution < -0.4 is 10.6 Å².